The van der Waals surface area contributed by atoms with Crippen molar-refractivity contribution in [1.29, 1.82) is 0 Å². The third kappa shape index (κ3) is 2.10. The van der Waals surface area contributed by atoms with Gasteiger partial charge in [-0.1, -0.05) is 18.7 Å². The number of hydrogen-bond donors (Lipinski definition) is 2. The van der Waals surface area contributed by atoms with E-state index in [2.05, 4.69) is 18.0 Å². The number of nitrogens with one attached hydrogen (secondary N) is 1. The van der Waals surface area contributed by atoms with Crippen molar-refractivity contribution in [3.05, 3.63) is 35.9 Å². The van der Waals surface area contributed by atoms with Crippen molar-refractivity contribution in [1.82, 2.24) is 0 Å². The average Bonchev–Trinajstić information content (AvgIpc) is 2.16. The predicted molar refractivity (Wildman–Crippen MR) is 58.7 cm³/mol. The van der Waals surface area contributed by atoms with E-state index in [0.29, 0.717) is 0 Å². The second-order valence-corrected chi connectivity index (χ2v) is 3.09. The Balaban J connectivity index is 3.13. The van der Waals surface area contributed by atoms with Crippen LogP contribution in [0.15, 0.2) is 24.8 Å². The van der Waals surface area contributed by atoms with Gasteiger partial charge in [-0.15, -0.1) is 0 Å². The summed E-state index contributed by atoms with van der Waals surface area (Å²) in [5, 5.41) is 3.10. The van der Waals surface area contributed by atoms with Crippen LogP contribution in [0.25, 0.3) is 6.08 Å². The summed E-state index contributed by atoms with van der Waals surface area (Å²) in [5.41, 5.74) is 9.08. The molecule has 0 bridgehead atoms. The van der Waals surface area contributed by atoms with E-state index in [9.17, 15) is 0 Å². The van der Waals surface area contributed by atoms with Crippen LogP contribution in [0.4, 0.5) is 5.69 Å². The molecule has 0 aromatic heterocycles. The Kier molecular flexibility index (Phi) is 3.09. The smallest absolute Gasteiger partial charge is 0.0411 e. The number of anilines is 1. The second kappa shape index (κ2) is 4.10. The third-order valence-corrected chi connectivity index (χ3v) is 2.09. The lowest BCUT2D eigenvalue weighted by Gasteiger charge is -2.10. The first-order chi connectivity index (χ1) is 6.19. The first-order valence-electron chi connectivity index (χ1n) is 4.38. The van der Waals surface area contributed by atoms with Gasteiger partial charge in [-0.2, -0.15) is 0 Å². The van der Waals surface area contributed by atoms with Gasteiger partial charge in [0.1, 0.15) is 0 Å². The lowest BCUT2D eigenvalue weighted by Crippen LogP contribution is -2.05. The molecule has 0 spiro atoms. The van der Waals surface area contributed by atoms with E-state index in [-0.39, 0.29) is 6.04 Å². The SMILES string of the molecule is C=Cc1cc(C(C)N)ccc1NC. The molecule has 13 heavy (non-hydrogen) atoms. The molecule has 1 aromatic rings. The van der Waals surface area contributed by atoms with Gasteiger partial charge in [0.2, 0.25) is 0 Å². The van der Waals surface area contributed by atoms with Crippen molar-refractivity contribution in [2.45, 2.75) is 13.0 Å². The maximum absolute atomic E-state index is 5.77. The maximum atomic E-state index is 5.77. The van der Waals surface area contributed by atoms with Crippen LogP contribution in [0.3, 0.4) is 0 Å². The maximum Gasteiger partial charge on any atom is 0.0411 e. The molecule has 0 amide bonds. The summed E-state index contributed by atoms with van der Waals surface area (Å²) in [6, 6.07) is 6.19. The van der Waals surface area contributed by atoms with Crippen molar-refractivity contribution in [3.63, 3.8) is 0 Å². The van der Waals surface area contributed by atoms with E-state index in [1.807, 2.05) is 32.2 Å². The van der Waals surface area contributed by atoms with E-state index >= 15 is 0 Å². The molecule has 0 radical (unpaired) electrons. The summed E-state index contributed by atoms with van der Waals surface area (Å²) in [6.45, 7) is 5.73. The summed E-state index contributed by atoms with van der Waals surface area (Å²) in [7, 11) is 1.90. The van der Waals surface area contributed by atoms with Crippen molar-refractivity contribution in [2.24, 2.45) is 5.73 Å². The molecule has 0 saturated heterocycles. The van der Waals surface area contributed by atoms with Crippen LogP contribution >= 0.6 is 0 Å². The first kappa shape index (κ1) is 9.81. The molecular weight excluding hydrogens is 160 g/mol. The zero-order chi connectivity index (χ0) is 9.84. The zero-order valence-corrected chi connectivity index (χ0v) is 8.17. The summed E-state index contributed by atoms with van der Waals surface area (Å²) in [4.78, 5) is 0. The molecule has 0 fully saturated rings. The summed E-state index contributed by atoms with van der Waals surface area (Å²) >= 11 is 0. The van der Waals surface area contributed by atoms with Crippen LogP contribution in [-0.2, 0) is 0 Å². The van der Waals surface area contributed by atoms with Gasteiger partial charge in [0, 0.05) is 18.8 Å². The highest BCUT2D eigenvalue weighted by molar-refractivity contribution is 5.66. The fraction of sp³-hybridized carbons (Fsp3) is 0.273. The van der Waals surface area contributed by atoms with Gasteiger partial charge in [0.25, 0.3) is 0 Å². The van der Waals surface area contributed by atoms with E-state index in [4.69, 9.17) is 5.73 Å². The number of benzene rings is 1. The van der Waals surface area contributed by atoms with Gasteiger partial charge in [-0.05, 0) is 30.2 Å². The van der Waals surface area contributed by atoms with Crippen LogP contribution in [0.2, 0.25) is 0 Å². The van der Waals surface area contributed by atoms with Crippen molar-refractivity contribution < 1.29 is 0 Å². The lowest BCUT2D eigenvalue weighted by atomic mass is 10.0. The van der Waals surface area contributed by atoms with Gasteiger partial charge in [0.05, 0.1) is 0 Å². The lowest BCUT2D eigenvalue weighted by molar-refractivity contribution is 0.818. The molecule has 0 saturated carbocycles. The van der Waals surface area contributed by atoms with Crippen molar-refractivity contribution >= 4 is 11.8 Å². The summed E-state index contributed by atoms with van der Waals surface area (Å²) in [6.07, 6.45) is 1.83. The molecule has 0 heterocycles. The molecule has 3 N–H and O–H groups in total. The van der Waals surface area contributed by atoms with Crippen molar-refractivity contribution in [3.8, 4) is 0 Å². The fourth-order valence-electron chi connectivity index (χ4n) is 1.26. The van der Waals surface area contributed by atoms with E-state index in [1.165, 1.54) is 0 Å². The molecule has 2 heteroatoms. The zero-order valence-electron chi connectivity index (χ0n) is 8.17. The highest BCUT2D eigenvalue weighted by atomic mass is 14.8. The number of nitrogens with two attached hydrogens (primary N) is 1. The van der Waals surface area contributed by atoms with Crippen LogP contribution in [0.5, 0.6) is 0 Å². The molecule has 2 nitrogen and oxygen atoms in total. The highest BCUT2D eigenvalue weighted by Crippen LogP contribution is 2.20. The Hall–Kier alpha value is -1.28. The Labute approximate surface area is 79.5 Å². The minimum atomic E-state index is 0.0737. The highest BCUT2D eigenvalue weighted by Gasteiger charge is 2.02. The van der Waals surface area contributed by atoms with E-state index < -0.39 is 0 Å². The first-order valence-corrected chi connectivity index (χ1v) is 4.38. The van der Waals surface area contributed by atoms with Crippen LogP contribution in [-0.4, -0.2) is 7.05 Å². The topological polar surface area (TPSA) is 38.0 Å². The molecule has 1 atom stereocenters. The quantitative estimate of drug-likeness (QED) is 0.742. The second-order valence-electron chi connectivity index (χ2n) is 3.09. The average molecular weight is 176 g/mol. The molecule has 1 aromatic carbocycles. The Morgan fingerprint density at radius 2 is 2.23 bits per heavy atom. The van der Waals surface area contributed by atoms with E-state index in [0.717, 1.165) is 16.8 Å². The third-order valence-electron chi connectivity index (χ3n) is 2.09. The molecule has 70 valence electrons. The van der Waals surface area contributed by atoms with Crippen LogP contribution in [0, 0.1) is 0 Å². The van der Waals surface area contributed by atoms with E-state index in [1.54, 1.807) is 0 Å². The Bertz CT molecular complexity index is 303. The van der Waals surface area contributed by atoms with Gasteiger partial charge in [-0.25, -0.2) is 0 Å². The largest absolute Gasteiger partial charge is 0.388 e. The normalized spacial score (nSPS) is 12.2. The van der Waals surface area contributed by atoms with Gasteiger partial charge >= 0.3 is 0 Å². The monoisotopic (exact) mass is 176 g/mol. The van der Waals surface area contributed by atoms with Crippen LogP contribution in [0.1, 0.15) is 24.1 Å². The minimum Gasteiger partial charge on any atom is -0.388 e. The number of rotatable bonds is 3. The molecule has 1 unspecified atom stereocenters. The van der Waals surface area contributed by atoms with Crippen molar-refractivity contribution in [2.75, 3.05) is 12.4 Å². The summed E-state index contributed by atoms with van der Waals surface area (Å²) in [5.74, 6) is 0. The molecule has 1 rings (SSSR count). The Morgan fingerprint density at radius 1 is 1.54 bits per heavy atom. The van der Waals surface area contributed by atoms with Crippen LogP contribution < -0.4 is 11.1 Å². The predicted octanol–water partition coefficient (Wildman–Crippen LogP) is 2.39. The molecule has 0 aliphatic rings. The summed E-state index contributed by atoms with van der Waals surface area (Å²) < 4.78 is 0. The molecule has 0 aliphatic heterocycles. The standard InChI is InChI=1S/C11H16N2/c1-4-9-7-10(8(2)12)5-6-11(9)13-3/h4-8,13H,1,12H2,2-3H3. The van der Waals surface area contributed by atoms with Gasteiger partial charge in [0.15, 0.2) is 0 Å². The Morgan fingerprint density at radius 3 is 2.69 bits per heavy atom. The minimum absolute atomic E-state index is 0.0737. The fourth-order valence-corrected chi connectivity index (χ4v) is 1.26. The van der Waals surface area contributed by atoms with Gasteiger partial charge in [-0.3, -0.25) is 0 Å². The van der Waals surface area contributed by atoms with Gasteiger partial charge < -0.3 is 11.1 Å². The molecule has 0 aliphatic carbocycles. The molecular formula is C11H16N2. The number of hydrogen-bond acceptors (Lipinski definition) is 2.